The number of esters is 1. The Kier molecular flexibility index (Phi) is 6.13. The lowest BCUT2D eigenvalue weighted by Gasteiger charge is -2.19. The van der Waals surface area contributed by atoms with Gasteiger partial charge in [0.2, 0.25) is 5.91 Å². The van der Waals surface area contributed by atoms with Gasteiger partial charge in [0, 0.05) is 0 Å². The normalized spacial score (nSPS) is 15.1. The Balaban J connectivity index is 1.68. The van der Waals surface area contributed by atoms with Crippen LogP contribution in [0.4, 0.5) is 0 Å². The minimum absolute atomic E-state index is 0.0958. The van der Waals surface area contributed by atoms with Gasteiger partial charge in [-0.1, -0.05) is 49.6 Å². The van der Waals surface area contributed by atoms with Crippen molar-refractivity contribution in [2.45, 2.75) is 38.5 Å². The topological polar surface area (TPSA) is 72.5 Å². The Morgan fingerprint density at radius 3 is 2.36 bits per heavy atom. The lowest BCUT2D eigenvalue weighted by atomic mass is 9.89. The van der Waals surface area contributed by atoms with Gasteiger partial charge >= 0.3 is 5.97 Å². The van der Waals surface area contributed by atoms with E-state index in [2.05, 4.69) is 5.32 Å². The maximum absolute atomic E-state index is 11.8. The minimum Gasteiger partial charge on any atom is -0.455 e. The predicted octanol–water partition coefficient (Wildman–Crippen LogP) is 2.00. The summed E-state index contributed by atoms with van der Waals surface area (Å²) in [5, 5.41) is 2.23. The number of amides is 2. The Morgan fingerprint density at radius 1 is 1.00 bits per heavy atom. The number of hydrogen-bond donors (Lipinski definition) is 1. The molecule has 2 rings (SSSR count). The average Bonchev–Trinajstić information content (AvgIpc) is 2.54. The molecule has 1 saturated carbocycles. The van der Waals surface area contributed by atoms with Crippen molar-refractivity contribution < 1.29 is 19.1 Å². The first-order valence-corrected chi connectivity index (χ1v) is 7.68. The monoisotopic (exact) mass is 303 g/mol. The Hall–Kier alpha value is -2.17. The van der Waals surface area contributed by atoms with Gasteiger partial charge in [-0.05, 0) is 18.4 Å². The van der Waals surface area contributed by atoms with Gasteiger partial charge < -0.3 is 4.74 Å². The van der Waals surface area contributed by atoms with Crippen LogP contribution in [0, 0.1) is 5.92 Å². The summed E-state index contributed by atoms with van der Waals surface area (Å²) in [6.07, 6.45) is 4.99. The van der Waals surface area contributed by atoms with Gasteiger partial charge in [-0.2, -0.15) is 0 Å². The lowest BCUT2D eigenvalue weighted by molar-refractivity contribution is -0.154. The number of rotatable bonds is 5. The summed E-state index contributed by atoms with van der Waals surface area (Å²) in [5.41, 5.74) is 0.826. The highest BCUT2D eigenvalue weighted by Crippen LogP contribution is 2.24. The molecule has 1 N–H and O–H groups in total. The molecule has 2 amide bonds. The summed E-state index contributed by atoms with van der Waals surface area (Å²) in [6.45, 7) is -0.393. The molecule has 0 unspecified atom stereocenters. The molecule has 0 radical (unpaired) electrons. The first-order valence-electron chi connectivity index (χ1n) is 7.68. The van der Waals surface area contributed by atoms with E-state index in [0.29, 0.717) is 0 Å². The smallest absolute Gasteiger partial charge is 0.309 e. The summed E-state index contributed by atoms with van der Waals surface area (Å²) in [4.78, 5) is 35.1. The van der Waals surface area contributed by atoms with Crippen LogP contribution in [0.3, 0.4) is 0 Å². The fourth-order valence-corrected chi connectivity index (χ4v) is 2.61. The number of carbonyl (C=O) groups excluding carboxylic acids is 3. The van der Waals surface area contributed by atoms with Crippen molar-refractivity contribution in [2.75, 3.05) is 6.61 Å². The second-order valence-corrected chi connectivity index (χ2v) is 5.58. The van der Waals surface area contributed by atoms with Gasteiger partial charge in [-0.3, -0.25) is 19.7 Å². The van der Waals surface area contributed by atoms with E-state index in [1.165, 1.54) is 0 Å². The van der Waals surface area contributed by atoms with Crippen LogP contribution in [-0.2, 0) is 25.5 Å². The van der Waals surface area contributed by atoms with Crippen molar-refractivity contribution in [3.05, 3.63) is 35.9 Å². The van der Waals surface area contributed by atoms with Crippen molar-refractivity contribution in [1.29, 1.82) is 0 Å². The average molecular weight is 303 g/mol. The van der Waals surface area contributed by atoms with E-state index in [0.717, 1.165) is 37.7 Å². The Labute approximate surface area is 130 Å². The Bertz CT molecular complexity index is 521. The number of hydrogen-bond acceptors (Lipinski definition) is 4. The van der Waals surface area contributed by atoms with E-state index in [1.807, 2.05) is 30.3 Å². The van der Waals surface area contributed by atoms with Crippen LogP contribution in [-0.4, -0.2) is 24.4 Å². The fraction of sp³-hybridized carbons (Fsp3) is 0.471. The lowest BCUT2D eigenvalue weighted by Crippen LogP contribution is -2.36. The minimum atomic E-state index is -0.579. The molecule has 5 heteroatoms. The number of nitrogens with one attached hydrogen (secondary N) is 1. The first-order chi connectivity index (χ1) is 10.6. The molecule has 0 spiro atoms. The molecule has 118 valence electrons. The van der Waals surface area contributed by atoms with Crippen LogP contribution in [0.1, 0.15) is 37.7 Å². The zero-order valence-electron chi connectivity index (χ0n) is 12.5. The molecular formula is C17H21NO4. The van der Waals surface area contributed by atoms with E-state index in [4.69, 9.17) is 4.74 Å². The third kappa shape index (κ3) is 5.31. The summed E-state index contributed by atoms with van der Waals surface area (Å²) in [5.74, 6) is -1.40. The van der Waals surface area contributed by atoms with Gasteiger partial charge in [0.1, 0.15) is 0 Å². The van der Waals surface area contributed by atoms with Crippen molar-refractivity contribution >= 4 is 17.8 Å². The maximum atomic E-state index is 11.8. The quantitative estimate of drug-likeness (QED) is 0.844. The van der Waals surface area contributed by atoms with E-state index in [1.54, 1.807) is 0 Å². The van der Waals surface area contributed by atoms with Crippen LogP contribution in [0.5, 0.6) is 0 Å². The maximum Gasteiger partial charge on any atom is 0.309 e. The second kappa shape index (κ2) is 8.32. The molecule has 0 bridgehead atoms. The summed E-state index contributed by atoms with van der Waals surface area (Å²) in [7, 11) is 0. The van der Waals surface area contributed by atoms with Gasteiger partial charge in [-0.25, -0.2) is 0 Å². The number of carbonyl (C=O) groups is 3. The van der Waals surface area contributed by atoms with Crippen molar-refractivity contribution in [2.24, 2.45) is 5.92 Å². The standard InChI is InChI=1S/C17H21NO4/c19-15(11-13-7-3-1-4-8-13)18-16(20)12-22-17(21)14-9-5-2-6-10-14/h1,3-4,7-8,14H,2,5-6,9-12H2,(H,18,19,20). The predicted molar refractivity (Wildman–Crippen MR) is 80.8 cm³/mol. The molecule has 0 aromatic heterocycles. The number of benzene rings is 1. The van der Waals surface area contributed by atoms with E-state index in [9.17, 15) is 14.4 Å². The van der Waals surface area contributed by atoms with Gasteiger partial charge in [0.05, 0.1) is 12.3 Å². The van der Waals surface area contributed by atoms with Crippen LogP contribution >= 0.6 is 0 Å². The van der Waals surface area contributed by atoms with Crippen LogP contribution < -0.4 is 5.32 Å². The van der Waals surface area contributed by atoms with Crippen LogP contribution in [0.2, 0.25) is 0 Å². The third-order valence-corrected chi connectivity index (χ3v) is 3.77. The van der Waals surface area contributed by atoms with Crippen molar-refractivity contribution in [3.63, 3.8) is 0 Å². The van der Waals surface area contributed by atoms with Gasteiger partial charge in [0.15, 0.2) is 6.61 Å². The third-order valence-electron chi connectivity index (χ3n) is 3.77. The largest absolute Gasteiger partial charge is 0.455 e. The SMILES string of the molecule is O=C(COC(=O)C1CCCCC1)NC(=O)Cc1ccccc1. The Morgan fingerprint density at radius 2 is 1.68 bits per heavy atom. The summed E-state index contributed by atoms with van der Waals surface area (Å²) in [6, 6.07) is 9.14. The molecule has 0 aliphatic heterocycles. The second-order valence-electron chi connectivity index (χ2n) is 5.58. The fourth-order valence-electron chi connectivity index (χ4n) is 2.61. The van der Waals surface area contributed by atoms with Crippen LogP contribution in [0.25, 0.3) is 0 Å². The van der Waals surface area contributed by atoms with E-state index in [-0.39, 0.29) is 18.3 Å². The highest BCUT2D eigenvalue weighted by atomic mass is 16.5. The molecule has 0 atom stereocenters. The molecule has 1 aliphatic carbocycles. The molecule has 5 nitrogen and oxygen atoms in total. The van der Waals surface area contributed by atoms with Crippen molar-refractivity contribution in [1.82, 2.24) is 5.32 Å². The molecule has 22 heavy (non-hydrogen) atoms. The molecule has 1 aliphatic rings. The number of imide groups is 1. The number of ether oxygens (including phenoxy) is 1. The molecule has 0 saturated heterocycles. The molecular weight excluding hydrogens is 282 g/mol. The van der Waals surface area contributed by atoms with Crippen LogP contribution in [0.15, 0.2) is 30.3 Å². The van der Waals surface area contributed by atoms with Gasteiger partial charge in [0.25, 0.3) is 5.91 Å². The highest BCUT2D eigenvalue weighted by Gasteiger charge is 2.23. The zero-order chi connectivity index (χ0) is 15.8. The van der Waals surface area contributed by atoms with E-state index >= 15 is 0 Å². The molecule has 0 heterocycles. The summed E-state index contributed by atoms with van der Waals surface area (Å²) < 4.78 is 4.99. The summed E-state index contributed by atoms with van der Waals surface area (Å²) >= 11 is 0. The molecule has 1 fully saturated rings. The first kappa shape index (κ1) is 16.2. The highest BCUT2D eigenvalue weighted by molar-refractivity contribution is 5.97. The van der Waals surface area contributed by atoms with E-state index < -0.39 is 18.4 Å². The molecule has 1 aromatic carbocycles. The molecule has 1 aromatic rings. The van der Waals surface area contributed by atoms with Crippen molar-refractivity contribution in [3.8, 4) is 0 Å². The van der Waals surface area contributed by atoms with Gasteiger partial charge in [-0.15, -0.1) is 0 Å². The zero-order valence-corrected chi connectivity index (χ0v) is 12.5.